The highest BCUT2D eigenvalue weighted by molar-refractivity contribution is 6.23. The van der Waals surface area contributed by atoms with Crippen molar-refractivity contribution < 1.29 is 28.6 Å². The highest BCUT2D eigenvalue weighted by atomic mass is 16.5. The molecular formula is C46H46N8O6. The van der Waals surface area contributed by atoms with Gasteiger partial charge in [0, 0.05) is 116 Å². The zero-order chi connectivity index (χ0) is 41.2. The normalized spacial score (nSPS) is 17.4. The van der Waals surface area contributed by atoms with Crippen molar-refractivity contribution in [2.75, 3.05) is 52.5 Å². The number of piperazine rings is 1. The Labute approximate surface area is 347 Å². The molecule has 1 N–H and O–H groups in total. The summed E-state index contributed by atoms with van der Waals surface area (Å²) in [5.41, 5.74) is 6.40. The molecule has 14 heteroatoms. The molecule has 3 aliphatic rings. The summed E-state index contributed by atoms with van der Waals surface area (Å²) >= 11 is 0. The minimum atomic E-state index is -0.856. The quantitative estimate of drug-likeness (QED) is 0.108. The van der Waals surface area contributed by atoms with Crippen LogP contribution < -0.4 is 19.5 Å². The summed E-state index contributed by atoms with van der Waals surface area (Å²) in [7, 11) is 2.09. The summed E-state index contributed by atoms with van der Waals surface area (Å²) < 4.78 is 20.1. The van der Waals surface area contributed by atoms with E-state index in [-0.39, 0.29) is 17.7 Å². The van der Waals surface area contributed by atoms with E-state index in [0.29, 0.717) is 49.3 Å². The first kappa shape index (κ1) is 38.9. The van der Waals surface area contributed by atoms with Crippen molar-refractivity contribution in [3.8, 4) is 28.6 Å². The van der Waals surface area contributed by atoms with Crippen LogP contribution in [-0.4, -0.2) is 110 Å². The van der Waals surface area contributed by atoms with Gasteiger partial charge in [0.15, 0.2) is 0 Å². The molecule has 7 heterocycles. The first-order valence-corrected chi connectivity index (χ1v) is 20.4. The maximum Gasteiger partial charge on any atom is 0.262 e. The molecule has 6 aromatic rings. The van der Waals surface area contributed by atoms with Crippen molar-refractivity contribution >= 4 is 39.5 Å². The summed E-state index contributed by atoms with van der Waals surface area (Å²) in [6, 6.07) is 20.2. The van der Waals surface area contributed by atoms with Crippen LogP contribution in [0.15, 0.2) is 104 Å². The number of carbonyl (C=O) groups is 3. The van der Waals surface area contributed by atoms with Crippen molar-refractivity contribution in [3.63, 3.8) is 0 Å². The van der Waals surface area contributed by atoms with Crippen LogP contribution in [0.5, 0.6) is 17.5 Å². The molecule has 4 aromatic heterocycles. The molecular weight excluding hydrogens is 761 g/mol. The number of amides is 3. The van der Waals surface area contributed by atoms with E-state index < -0.39 is 23.8 Å². The molecule has 0 saturated carbocycles. The number of aryl methyl sites for hydroxylation is 1. The fourth-order valence-corrected chi connectivity index (χ4v) is 8.22. The molecule has 1 atom stereocenters. The highest BCUT2D eigenvalue weighted by Crippen LogP contribution is 2.33. The number of fused-ring (bicyclic) bond motifs is 4. The van der Waals surface area contributed by atoms with E-state index in [9.17, 15) is 14.4 Å². The number of hydrogen-bond donors (Lipinski definition) is 1. The molecule has 0 aliphatic carbocycles. The van der Waals surface area contributed by atoms with Crippen LogP contribution >= 0.6 is 0 Å². The highest BCUT2D eigenvalue weighted by Gasteiger charge is 2.44. The third-order valence-corrected chi connectivity index (χ3v) is 11.6. The average Bonchev–Trinajstić information content (AvgIpc) is 3.70. The minimum Gasteiger partial charge on any atom is -0.489 e. The van der Waals surface area contributed by atoms with Crippen LogP contribution in [-0.2, 0) is 18.4 Å². The van der Waals surface area contributed by atoms with Crippen LogP contribution in [0.1, 0.15) is 45.5 Å². The summed E-state index contributed by atoms with van der Waals surface area (Å²) in [5.74, 6) is 0.251. The second-order valence-corrected chi connectivity index (χ2v) is 15.4. The number of aromatic nitrogens is 4. The van der Waals surface area contributed by atoms with E-state index in [0.717, 1.165) is 72.7 Å². The summed E-state index contributed by atoms with van der Waals surface area (Å²) in [6.45, 7) is 10.9. The maximum atomic E-state index is 13.2. The first-order valence-electron chi connectivity index (χ1n) is 20.4. The van der Waals surface area contributed by atoms with Gasteiger partial charge in [0.2, 0.25) is 17.7 Å². The molecule has 2 fully saturated rings. The fourth-order valence-electron chi connectivity index (χ4n) is 8.22. The number of hydrogen-bond acceptors (Lipinski definition) is 11. The van der Waals surface area contributed by atoms with Gasteiger partial charge in [-0.3, -0.25) is 29.2 Å². The van der Waals surface area contributed by atoms with E-state index >= 15 is 0 Å². The van der Waals surface area contributed by atoms with Crippen molar-refractivity contribution in [2.24, 2.45) is 7.05 Å². The van der Waals surface area contributed by atoms with E-state index in [2.05, 4.69) is 72.5 Å². The van der Waals surface area contributed by atoms with Gasteiger partial charge in [-0.05, 0) is 67.3 Å². The largest absolute Gasteiger partial charge is 0.489 e. The molecule has 2 aromatic carbocycles. The molecule has 9 rings (SSSR count). The molecule has 2 saturated heterocycles. The fraction of sp³-hybridized carbons (Fsp3) is 0.304. The monoisotopic (exact) mass is 806 g/mol. The number of allylic oxidation sites excluding steroid dienone is 1. The Morgan fingerprint density at radius 1 is 0.733 bits per heavy atom. The van der Waals surface area contributed by atoms with Gasteiger partial charge in [-0.25, -0.2) is 9.97 Å². The predicted molar refractivity (Wildman–Crippen MR) is 226 cm³/mol. The van der Waals surface area contributed by atoms with Crippen molar-refractivity contribution in [3.05, 3.63) is 120 Å². The SMILES string of the molecule is C=C1CCC(N2C(=O)c3ccc(OCc4ccc(OCCCN5CCN(CCOc6ccc(-c7ccc8c9cnccc9n(C)c8c7)cn6)CC5)nc4)cc3C2=O)C(=O)N1. The van der Waals surface area contributed by atoms with Gasteiger partial charge >= 0.3 is 0 Å². The number of rotatable bonds is 14. The van der Waals surface area contributed by atoms with Crippen molar-refractivity contribution in [1.29, 1.82) is 0 Å². The smallest absolute Gasteiger partial charge is 0.262 e. The van der Waals surface area contributed by atoms with Crippen LogP contribution in [0.4, 0.5) is 0 Å². The van der Waals surface area contributed by atoms with Crippen molar-refractivity contribution in [2.45, 2.75) is 31.9 Å². The Bertz CT molecular complexity index is 2580. The number of nitrogens with zero attached hydrogens (tertiary/aromatic N) is 7. The summed E-state index contributed by atoms with van der Waals surface area (Å²) in [5, 5.41) is 5.00. The lowest BCUT2D eigenvalue weighted by Crippen LogP contribution is -2.51. The number of benzene rings is 2. The molecule has 0 radical (unpaired) electrons. The second kappa shape index (κ2) is 16.9. The number of carbonyl (C=O) groups excluding carboxylic acids is 3. The lowest BCUT2D eigenvalue weighted by Gasteiger charge is -2.34. The second-order valence-electron chi connectivity index (χ2n) is 15.4. The first-order chi connectivity index (χ1) is 29.3. The van der Waals surface area contributed by atoms with Gasteiger partial charge in [0.25, 0.3) is 11.8 Å². The standard InChI is InChI=1S/C46H46N8O6/c1-30-4-11-40(44(55)50-30)54-45(56)36-10-8-34(25-37(36)46(54)57)60-29-31-5-12-42(48-26-31)58-22-3-16-52-17-19-53(20-18-52)21-23-59-43-13-7-33(27-49-43)32-6-9-35-38-28-47-15-14-39(38)51(2)41(35)24-32/h5-10,12-15,24-28,40H,1,3-4,11,16-23,29H2,2H3,(H,50,55). The Morgan fingerprint density at radius 2 is 1.48 bits per heavy atom. The molecule has 60 heavy (non-hydrogen) atoms. The Hall–Kier alpha value is -6.64. The average molecular weight is 807 g/mol. The molecule has 0 spiro atoms. The van der Waals surface area contributed by atoms with Crippen LogP contribution in [0, 0.1) is 0 Å². The summed E-state index contributed by atoms with van der Waals surface area (Å²) in [6.07, 6.45) is 9.09. The molecule has 3 amide bonds. The van der Waals surface area contributed by atoms with Crippen LogP contribution in [0.2, 0.25) is 0 Å². The van der Waals surface area contributed by atoms with Gasteiger partial charge in [0.1, 0.15) is 25.0 Å². The zero-order valence-electron chi connectivity index (χ0n) is 33.5. The maximum absolute atomic E-state index is 13.2. The lowest BCUT2D eigenvalue weighted by molar-refractivity contribution is -0.125. The van der Waals surface area contributed by atoms with Crippen LogP contribution in [0.25, 0.3) is 32.9 Å². The molecule has 14 nitrogen and oxygen atoms in total. The van der Waals surface area contributed by atoms with Crippen LogP contribution in [0.3, 0.4) is 0 Å². The molecule has 306 valence electrons. The zero-order valence-corrected chi connectivity index (χ0v) is 33.5. The van der Waals surface area contributed by atoms with Crippen molar-refractivity contribution in [1.82, 2.24) is 39.5 Å². The lowest BCUT2D eigenvalue weighted by atomic mass is 10.0. The van der Waals surface area contributed by atoms with Gasteiger partial charge < -0.3 is 29.0 Å². The Balaban J connectivity index is 0.659. The van der Waals surface area contributed by atoms with E-state index in [1.165, 1.54) is 16.4 Å². The number of imide groups is 1. The minimum absolute atomic E-state index is 0.219. The van der Waals surface area contributed by atoms with E-state index in [4.69, 9.17) is 14.2 Å². The van der Waals surface area contributed by atoms with Gasteiger partial charge in [0.05, 0.1) is 23.3 Å². The van der Waals surface area contributed by atoms with Gasteiger partial charge in [-0.1, -0.05) is 18.7 Å². The number of pyridine rings is 3. The number of nitrogens with one attached hydrogen (secondary N) is 1. The van der Waals surface area contributed by atoms with E-state index in [1.54, 1.807) is 24.4 Å². The number of piperidine rings is 1. The van der Waals surface area contributed by atoms with Gasteiger partial charge in [-0.2, -0.15) is 0 Å². The number of ether oxygens (including phenoxy) is 3. The molecule has 1 unspecified atom stereocenters. The topological polar surface area (TPSA) is 144 Å². The third-order valence-electron chi connectivity index (χ3n) is 11.6. The Kier molecular flexibility index (Phi) is 11.0. The van der Waals surface area contributed by atoms with E-state index in [1.807, 2.05) is 42.9 Å². The molecule has 3 aliphatic heterocycles. The third kappa shape index (κ3) is 8.03. The Morgan fingerprint density at radius 3 is 2.25 bits per heavy atom. The molecule has 0 bridgehead atoms. The van der Waals surface area contributed by atoms with Gasteiger partial charge in [-0.15, -0.1) is 0 Å². The predicted octanol–water partition coefficient (Wildman–Crippen LogP) is 5.62. The summed E-state index contributed by atoms with van der Waals surface area (Å²) in [4.78, 5) is 58.0.